The molecule has 0 saturated heterocycles. The van der Waals surface area contributed by atoms with Crippen molar-refractivity contribution in [1.82, 2.24) is 0 Å². The van der Waals surface area contributed by atoms with Crippen molar-refractivity contribution in [2.75, 3.05) is 0 Å². The van der Waals surface area contributed by atoms with Gasteiger partial charge in [-0.15, -0.1) is 0 Å². The minimum Gasteiger partial charge on any atom is -0.309 e. The molecule has 0 fully saturated rings. The van der Waals surface area contributed by atoms with Gasteiger partial charge in [-0.05, 0) is 52.0 Å². The van der Waals surface area contributed by atoms with Crippen molar-refractivity contribution >= 4 is 52.1 Å². The lowest BCUT2D eigenvalue weighted by Crippen LogP contribution is -2.39. The SMILES string of the molecule is CC1(C)C(c2ccc3ccc4cccc5ccc2c3c45)=N/C(=N/[Si](C)(C)C)C1(C)C. The number of benzene rings is 4. The van der Waals surface area contributed by atoms with E-state index in [2.05, 4.69) is 102 Å². The first-order valence-corrected chi connectivity index (χ1v) is 14.3. The highest BCUT2D eigenvalue weighted by Crippen LogP contribution is 2.49. The van der Waals surface area contributed by atoms with Crippen LogP contribution >= 0.6 is 0 Å². The fourth-order valence-electron chi connectivity index (χ4n) is 4.78. The van der Waals surface area contributed by atoms with Crippen LogP contribution in [-0.2, 0) is 0 Å². The van der Waals surface area contributed by atoms with Crippen LogP contribution in [0.25, 0.3) is 32.3 Å². The first kappa shape index (κ1) is 19.4. The van der Waals surface area contributed by atoms with Crippen LogP contribution in [0.3, 0.4) is 0 Å². The van der Waals surface area contributed by atoms with Crippen LogP contribution in [-0.4, -0.2) is 19.8 Å². The molecule has 0 N–H and O–H groups in total. The van der Waals surface area contributed by atoms with Crippen molar-refractivity contribution in [3.63, 3.8) is 0 Å². The predicted octanol–water partition coefficient (Wildman–Crippen LogP) is 7.67. The molecule has 0 atom stereocenters. The summed E-state index contributed by atoms with van der Waals surface area (Å²) < 4.78 is 5.16. The molecule has 0 saturated carbocycles. The Labute approximate surface area is 180 Å². The molecular weight excluding hydrogens is 380 g/mol. The number of hydrogen-bond acceptors (Lipinski definition) is 1. The highest BCUT2D eigenvalue weighted by atomic mass is 28.3. The van der Waals surface area contributed by atoms with Crippen LogP contribution in [0.2, 0.25) is 19.6 Å². The van der Waals surface area contributed by atoms with Gasteiger partial charge >= 0.3 is 0 Å². The van der Waals surface area contributed by atoms with Crippen LogP contribution in [0.5, 0.6) is 0 Å². The molecule has 152 valence electrons. The normalized spacial score (nSPS) is 20.0. The van der Waals surface area contributed by atoms with Crippen LogP contribution in [0.4, 0.5) is 0 Å². The molecule has 0 amide bonds. The third kappa shape index (κ3) is 2.61. The Kier molecular flexibility index (Phi) is 3.89. The fraction of sp³-hybridized carbons (Fsp3) is 0.333. The standard InChI is InChI=1S/C27H30N2Si/c1-26(2)24(28-25(27(26,3)4)29-30(5,6)7)21-16-14-19-12-11-17-9-8-10-18-13-15-20(21)23(19)22(17)18/h8-16H,1-7H3/b29-25+. The molecular formula is C27H30N2Si. The summed E-state index contributed by atoms with van der Waals surface area (Å²) in [7, 11) is -1.63. The van der Waals surface area contributed by atoms with Gasteiger partial charge in [-0.1, -0.05) is 82.3 Å². The Morgan fingerprint density at radius 2 is 1.27 bits per heavy atom. The average Bonchev–Trinajstić information content (AvgIpc) is 2.84. The van der Waals surface area contributed by atoms with Gasteiger partial charge in [-0.2, -0.15) is 0 Å². The lowest BCUT2D eigenvalue weighted by molar-refractivity contribution is 0.299. The Morgan fingerprint density at radius 1 is 0.700 bits per heavy atom. The van der Waals surface area contributed by atoms with Gasteiger partial charge in [0.15, 0.2) is 8.24 Å². The molecule has 0 unspecified atom stereocenters. The maximum absolute atomic E-state index is 5.23. The van der Waals surface area contributed by atoms with E-state index in [-0.39, 0.29) is 10.8 Å². The van der Waals surface area contributed by atoms with E-state index >= 15 is 0 Å². The van der Waals surface area contributed by atoms with Gasteiger partial charge in [0.2, 0.25) is 0 Å². The molecule has 1 aliphatic heterocycles. The summed E-state index contributed by atoms with van der Waals surface area (Å²) in [5.74, 6) is 1.02. The number of rotatable bonds is 2. The second-order valence-electron chi connectivity index (χ2n) is 10.8. The third-order valence-electron chi connectivity index (χ3n) is 7.16. The van der Waals surface area contributed by atoms with Gasteiger partial charge in [0.25, 0.3) is 0 Å². The fourth-order valence-corrected chi connectivity index (χ4v) is 5.75. The second kappa shape index (κ2) is 6.01. The summed E-state index contributed by atoms with van der Waals surface area (Å²) in [6.45, 7) is 16.1. The lowest BCUT2D eigenvalue weighted by Gasteiger charge is -2.36. The molecule has 5 rings (SSSR count). The summed E-state index contributed by atoms with van der Waals surface area (Å²) in [6.07, 6.45) is 0. The summed E-state index contributed by atoms with van der Waals surface area (Å²) in [6, 6.07) is 20.2. The summed E-state index contributed by atoms with van der Waals surface area (Å²) >= 11 is 0. The highest BCUT2D eigenvalue weighted by Gasteiger charge is 2.50. The lowest BCUT2D eigenvalue weighted by atomic mass is 9.65. The van der Waals surface area contributed by atoms with Crippen molar-refractivity contribution in [1.29, 1.82) is 0 Å². The van der Waals surface area contributed by atoms with Crippen LogP contribution in [0.1, 0.15) is 33.3 Å². The van der Waals surface area contributed by atoms with Crippen molar-refractivity contribution < 1.29 is 0 Å². The number of nitrogens with zero attached hydrogens (tertiary/aromatic N) is 2. The van der Waals surface area contributed by atoms with Crippen molar-refractivity contribution in [2.45, 2.75) is 47.3 Å². The van der Waals surface area contributed by atoms with Crippen molar-refractivity contribution in [3.8, 4) is 0 Å². The van der Waals surface area contributed by atoms with Gasteiger partial charge in [0.1, 0.15) is 5.84 Å². The minimum atomic E-state index is -1.63. The van der Waals surface area contributed by atoms with Crippen molar-refractivity contribution in [2.24, 2.45) is 20.5 Å². The number of aliphatic imine (C=N–C) groups is 1. The molecule has 4 aromatic carbocycles. The van der Waals surface area contributed by atoms with Gasteiger partial charge in [0, 0.05) is 16.4 Å². The zero-order valence-electron chi connectivity index (χ0n) is 19.1. The smallest absolute Gasteiger partial charge is 0.174 e. The highest BCUT2D eigenvalue weighted by molar-refractivity contribution is 6.75. The van der Waals surface area contributed by atoms with Crippen LogP contribution in [0, 0.1) is 10.8 Å². The van der Waals surface area contributed by atoms with Gasteiger partial charge < -0.3 is 4.66 Å². The van der Waals surface area contributed by atoms with E-state index in [1.165, 1.54) is 43.6 Å². The number of hydrogen-bond donors (Lipinski definition) is 0. The molecule has 4 aromatic rings. The predicted molar refractivity (Wildman–Crippen MR) is 135 cm³/mol. The summed E-state index contributed by atoms with van der Waals surface area (Å²) in [4.78, 5) is 5.23. The molecule has 2 nitrogen and oxygen atoms in total. The Bertz CT molecular complexity index is 1350. The Morgan fingerprint density at radius 3 is 1.90 bits per heavy atom. The summed E-state index contributed by atoms with van der Waals surface area (Å²) in [5.41, 5.74) is 2.21. The van der Waals surface area contributed by atoms with Gasteiger partial charge in [-0.25, -0.2) is 4.99 Å². The van der Waals surface area contributed by atoms with Crippen LogP contribution in [0.15, 0.2) is 64.2 Å². The summed E-state index contributed by atoms with van der Waals surface area (Å²) in [5, 5.41) is 7.92. The van der Waals surface area contributed by atoms with Gasteiger partial charge in [0.05, 0.1) is 5.71 Å². The number of amidine groups is 1. The first-order chi connectivity index (χ1) is 14.0. The molecule has 1 aliphatic rings. The average molecular weight is 411 g/mol. The Balaban J connectivity index is 1.85. The molecule has 30 heavy (non-hydrogen) atoms. The molecule has 3 heteroatoms. The largest absolute Gasteiger partial charge is 0.309 e. The molecule has 0 bridgehead atoms. The topological polar surface area (TPSA) is 24.7 Å². The monoisotopic (exact) mass is 410 g/mol. The maximum Gasteiger partial charge on any atom is 0.174 e. The third-order valence-corrected chi connectivity index (χ3v) is 8.04. The maximum atomic E-state index is 5.23. The van der Waals surface area contributed by atoms with Crippen molar-refractivity contribution in [3.05, 3.63) is 60.2 Å². The zero-order valence-corrected chi connectivity index (χ0v) is 20.1. The minimum absolute atomic E-state index is 0.103. The molecule has 0 spiro atoms. The van der Waals surface area contributed by atoms with Crippen LogP contribution < -0.4 is 0 Å². The van der Waals surface area contributed by atoms with E-state index in [1.54, 1.807) is 0 Å². The van der Waals surface area contributed by atoms with Gasteiger partial charge in [-0.3, -0.25) is 0 Å². The van der Waals surface area contributed by atoms with E-state index in [1.807, 2.05) is 0 Å². The van der Waals surface area contributed by atoms with E-state index < -0.39 is 8.24 Å². The Hall–Kier alpha value is -2.52. The van der Waals surface area contributed by atoms with E-state index in [0.29, 0.717) is 0 Å². The van der Waals surface area contributed by atoms with E-state index in [9.17, 15) is 0 Å². The van der Waals surface area contributed by atoms with E-state index in [0.717, 1.165) is 5.84 Å². The second-order valence-corrected chi connectivity index (χ2v) is 15.4. The molecule has 0 radical (unpaired) electrons. The van der Waals surface area contributed by atoms with E-state index in [4.69, 9.17) is 9.65 Å². The molecule has 1 heterocycles. The molecule has 0 aliphatic carbocycles. The zero-order chi connectivity index (χ0) is 21.5. The molecule has 0 aromatic heterocycles. The first-order valence-electron chi connectivity index (χ1n) is 10.9. The quantitative estimate of drug-likeness (QED) is 0.239.